The number of benzene rings is 1. The first-order valence-electron chi connectivity index (χ1n) is 7.42. The second-order valence-electron chi connectivity index (χ2n) is 6.56. The average molecular weight is 312 g/mol. The van der Waals surface area contributed by atoms with Crippen LogP contribution >= 0.6 is 0 Å². The van der Waals surface area contributed by atoms with Crippen LogP contribution in [0.4, 0.5) is 0 Å². The van der Waals surface area contributed by atoms with E-state index in [1.165, 1.54) is 0 Å². The van der Waals surface area contributed by atoms with E-state index in [0.717, 1.165) is 24.9 Å². The van der Waals surface area contributed by atoms with E-state index < -0.39 is 10.0 Å². The molecule has 0 aliphatic carbocycles. The molecule has 0 radical (unpaired) electrons. The molecular formula is C16H28N2O2S. The smallest absolute Gasteiger partial charge is 0.240 e. The fourth-order valence-electron chi connectivity index (χ4n) is 1.78. The van der Waals surface area contributed by atoms with E-state index in [-0.39, 0.29) is 11.5 Å². The predicted molar refractivity (Wildman–Crippen MR) is 87.9 cm³/mol. The standard InChI is InChI=1S/C16H28N2O2S/c1-13(16(2,3)4)18-21(19,20)15-10-8-14(9-11-15)7-6-12-17-5/h8-11,13,17-18H,6-7,12H2,1-5H3. The molecule has 21 heavy (non-hydrogen) atoms. The molecule has 0 amide bonds. The topological polar surface area (TPSA) is 58.2 Å². The van der Waals surface area contributed by atoms with Gasteiger partial charge in [-0.25, -0.2) is 13.1 Å². The Kier molecular flexibility index (Phi) is 6.38. The normalized spacial score (nSPS) is 14.1. The Bertz CT molecular complexity index is 530. The van der Waals surface area contributed by atoms with Crippen LogP contribution < -0.4 is 10.0 Å². The van der Waals surface area contributed by atoms with Gasteiger partial charge in [0.1, 0.15) is 0 Å². The van der Waals surface area contributed by atoms with Crippen LogP contribution in [-0.2, 0) is 16.4 Å². The molecule has 0 bridgehead atoms. The zero-order valence-electron chi connectivity index (χ0n) is 13.7. The molecule has 2 N–H and O–H groups in total. The maximum absolute atomic E-state index is 12.3. The highest BCUT2D eigenvalue weighted by Gasteiger charge is 2.25. The van der Waals surface area contributed by atoms with Crippen LogP contribution in [-0.4, -0.2) is 28.1 Å². The average Bonchev–Trinajstić information content (AvgIpc) is 2.38. The van der Waals surface area contributed by atoms with E-state index >= 15 is 0 Å². The largest absolute Gasteiger partial charge is 0.320 e. The highest BCUT2D eigenvalue weighted by molar-refractivity contribution is 7.89. The molecule has 1 unspecified atom stereocenters. The van der Waals surface area contributed by atoms with Gasteiger partial charge >= 0.3 is 0 Å². The summed E-state index contributed by atoms with van der Waals surface area (Å²) in [6.45, 7) is 8.91. The molecule has 5 heteroatoms. The molecular weight excluding hydrogens is 284 g/mol. The molecule has 0 heterocycles. The summed E-state index contributed by atoms with van der Waals surface area (Å²) in [4.78, 5) is 0.330. The molecule has 1 aromatic carbocycles. The quantitative estimate of drug-likeness (QED) is 0.761. The van der Waals surface area contributed by atoms with Crippen LogP contribution in [0.2, 0.25) is 0 Å². The van der Waals surface area contributed by atoms with E-state index in [1.807, 2.05) is 46.9 Å². The molecule has 1 rings (SSSR count). The molecule has 0 spiro atoms. The Balaban J connectivity index is 2.76. The number of sulfonamides is 1. The molecule has 1 aromatic rings. The van der Waals surface area contributed by atoms with Crippen molar-refractivity contribution in [2.24, 2.45) is 5.41 Å². The Morgan fingerprint density at radius 3 is 2.19 bits per heavy atom. The Morgan fingerprint density at radius 1 is 1.14 bits per heavy atom. The fourth-order valence-corrected chi connectivity index (χ4v) is 3.23. The molecule has 0 saturated carbocycles. The van der Waals surface area contributed by atoms with Crippen molar-refractivity contribution in [2.75, 3.05) is 13.6 Å². The molecule has 0 fully saturated rings. The number of rotatable bonds is 7. The zero-order valence-corrected chi connectivity index (χ0v) is 14.5. The second kappa shape index (κ2) is 7.38. The van der Waals surface area contributed by atoms with E-state index in [2.05, 4.69) is 10.0 Å². The number of hydrogen-bond acceptors (Lipinski definition) is 3. The van der Waals surface area contributed by atoms with Gasteiger partial charge in [-0.3, -0.25) is 0 Å². The lowest BCUT2D eigenvalue weighted by Crippen LogP contribution is -2.41. The summed E-state index contributed by atoms with van der Waals surface area (Å²) >= 11 is 0. The van der Waals surface area contributed by atoms with Gasteiger partial charge in [-0.15, -0.1) is 0 Å². The maximum atomic E-state index is 12.3. The van der Waals surface area contributed by atoms with Crippen molar-refractivity contribution < 1.29 is 8.42 Å². The fraction of sp³-hybridized carbons (Fsp3) is 0.625. The van der Waals surface area contributed by atoms with E-state index in [4.69, 9.17) is 0 Å². The molecule has 0 saturated heterocycles. The minimum Gasteiger partial charge on any atom is -0.320 e. The SMILES string of the molecule is CNCCCc1ccc(S(=O)(=O)NC(C)C(C)(C)C)cc1. The summed E-state index contributed by atoms with van der Waals surface area (Å²) in [5.74, 6) is 0. The summed E-state index contributed by atoms with van der Waals surface area (Å²) in [7, 11) is -1.52. The summed E-state index contributed by atoms with van der Waals surface area (Å²) in [6.07, 6.45) is 1.99. The third-order valence-electron chi connectivity index (χ3n) is 3.76. The van der Waals surface area contributed by atoms with Crippen LogP contribution in [0.5, 0.6) is 0 Å². The van der Waals surface area contributed by atoms with Crippen molar-refractivity contribution in [1.29, 1.82) is 0 Å². The molecule has 0 aliphatic heterocycles. The van der Waals surface area contributed by atoms with Crippen molar-refractivity contribution in [2.45, 2.75) is 51.5 Å². The van der Waals surface area contributed by atoms with Crippen molar-refractivity contribution in [1.82, 2.24) is 10.0 Å². The van der Waals surface area contributed by atoms with Crippen LogP contribution in [0, 0.1) is 5.41 Å². The first kappa shape index (κ1) is 18.1. The van der Waals surface area contributed by atoms with Gasteiger partial charge < -0.3 is 5.32 Å². The lowest BCUT2D eigenvalue weighted by Gasteiger charge is -2.27. The van der Waals surface area contributed by atoms with Gasteiger partial charge in [0.2, 0.25) is 10.0 Å². The van der Waals surface area contributed by atoms with Crippen molar-refractivity contribution in [3.8, 4) is 0 Å². The van der Waals surface area contributed by atoms with Crippen molar-refractivity contribution >= 4 is 10.0 Å². The lowest BCUT2D eigenvalue weighted by atomic mass is 9.89. The van der Waals surface area contributed by atoms with Gasteiger partial charge in [-0.05, 0) is 56.5 Å². The number of aryl methyl sites for hydroxylation is 1. The third-order valence-corrected chi connectivity index (χ3v) is 5.31. The highest BCUT2D eigenvalue weighted by Crippen LogP contribution is 2.21. The first-order chi connectivity index (χ1) is 9.66. The highest BCUT2D eigenvalue weighted by atomic mass is 32.2. The van der Waals surface area contributed by atoms with E-state index in [0.29, 0.717) is 4.90 Å². The van der Waals surface area contributed by atoms with Crippen LogP contribution in [0.1, 0.15) is 39.7 Å². The van der Waals surface area contributed by atoms with Crippen LogP contribution in [0.3, 0.4) is 0 Å². The van der Waals surface area contributed by atoms with Crippen LogP contribution in [0.15, 0.2) is 29.2 Å². The maximum Gasteiger partial charge on any atom is 0.240 e. The van der Waals surface area contributed by atoms with Crippen LogP contribution in [0.25, 0.3) is 0 Å². The molecule has 0 aromatic heterocycles. The van der Waals surface area contributed by atoms with Gasteiger partial charge in [0.05, 0.1) is 4.90 Å². The van der Waals surface area contributed by atoms with Gasteiger partial charge in [0.25, 0.3) is 0 Å². The van der Waals surface area contributed by atoms with Gasteiger partial charge in [0.15, 0.2) is 0 Å². The Hall–Kier alpha value is -0.910. The molecule has 4 nitrogen and oxygen atoms in total. The van der Waals surface area contributed by atoms with Gasteiger partial charge in [-0.2, -0.15) is 0 Å². The zero-order chi connectivity index (χ0) is 16.1. The molecule has 1 atom stereocenters. The summed E-state index contributed by atoms with van der Waals surface area (Å²) in [5, 5.41) is 3.10. The summed E-state index contributed by atoms with van der Waals surface area (Å²) in [6, 6.07) is 7.04. The first-order valence-corrected chi connectivity index (χ1v) is 8.91. The third kappa shape index (κ3) is 5.77. The van der Waals surface area contributed by atoms with E-state index in [9.17, 15) is 8.42 Å². The van der Waals surface area contributed by atoms with Crippen molar-refractivity contribution in [3.63, 3.8) is 0 Å². The minimum atomic E-state index is -3.45. The lowest BCUT2D eigenvalue weighted by molar-refractivity contribution is 0.317. The molecule has 0 aliphatic rings. The number of hydrogen-bond donors (Lipinski definition) is 2. The Morgan fingerprint density at radius 2 is 1.71 bits per heavy atom. The monoisotopic (exact) mass is 312 g/mol. The van der Waals surface area contributed by atoms with E-state index in [1.54, 1.807) is 12.1 Å². The van der Waals surface area contributed by atoms with Crippen molar-refractivity contribution in [3.05, 3.63) is 29.8 Å². The number of nitrogens with one attached hydrogen (secondary N) is 2. The van der Waals surface area contributed by atoms with Gasteiger partial charge in [0, 0.05) is 6.04 Å². The van der Waals surface area contributed by atoms with Gasteiger partial charge in [-0.1, -0.05) is 32.9 Å². The summed E-state index contributed by atoms with van der Waals surface area (Å²) < 4.78 is 27.4. The predicted octanol–water partition coefficient (Wildman–Crippen LogP) is 2.55. The molecule has 120 valence electrons. The second-order valence-corrected chi connectivity index (χ2v) is 8.27. The minimum absolute atomic E-state index is 0.111. The summed E-state index contributed by atoms with van der Waals surface area (Å²) in [5.41, 5.74) is 1.05. The Labute approximate surface area is 129 Å².